The summed E-state index contributed by atoms with van der Waals surface area (Å²) in [6.07, 6.45) is 4.72. The molecular weight excluding hydrogens is 190 g/mol. The van der Waals surface area contributed by atoms with Crippen LogP contribution in [-0.2, 0) is 0 Å². The van der Waals surface area contributed by atoms with Crippen molar-refractivity contribution in [3.05, 3.63) is 0 Å². The molecule has 0 spiro atoms. The molecule has 0 aliphatic heterocycles. The van der Waals surface area contributed by atoms with Crippen LogP contribution in [0.2, 0.25) is 0 Å². The van der Waals surface area contributed by atoms with Gasteiger partial charge in [-0.15, -0.1) is 0 Å². The number of primary amides is 1. The molecule has 15 heavy (non-hydrogen) atoms. The van der Waals surface area contributed by atoms with E-state index in [1.165, 1.54) is 0 Å². The molecule has 4 nitrogen and oxygen atoms in total. The minimum absolute atomic E-state index is 0.257. The number of hydrogen-bond acceptors (Lipinski definition) is 2. The second-order valence-corrected chi connectivity index (χ2v) is 4.35. The van der Waals surface area contributed by atoms with Crippen LogP contribution in [0.3, 0.4) is 0 Å². The van der Waals surface area contributed by atoms with Crippen LogP contribution in [0.25, 0.3) is 0 Å². The van der Waals surface area contributed by atoms with Gasteiger partial charge in [0, 0.05) is 12.6 Å². The van der Waals surface area contributed by atoms with Gasteiger partial charge in [0.15, 0.2) is 0 Å². The summed E-state index contributed by atoms with van der Waals surface area (Å²) in [7, 11) is 0. The predicted octanol–water partition coefficient (Wildman–Crippen LogP) is 1.86. The Hall–Kier alpha value is -1.24. The maximum Gasteiger partial charge on any atom is 0.315 e. The van der Waals surface area contributed by atoms with Gasteiger partial charge >= 0.3 is 6.03 Å². The highest BCUT2D eigenvalue weighted by atomic mass is 16.2. The number of nitrogens with two attached hydrogens (primary N) is 1. The molecule has 84 valence electrons. The van der Waals surface area contributed by atoms with E-state index in [-0.39, 0.29) is 12.1 Å². The van der Waals surface area contributed by atoms with Crippen LogP contribution >= 0.6 is 0 Å². The van der Waals surface area contributed by atoms with Crippen molar-refractivity contribution in [2.45, 2.75) is 45.1 Å². The van der Waals surface area contributed by atoms with Gasteiger partial charge in [-0.25, -0.2) is 4.79 Å². The fourth-order valence-corrected chi connectivity index (χ4v) is 2.20. The number of nitrogens with zero attached hydrogens (tertiary/aromatic N) is 2. The molecule has 1 fully saturated rings. The highest BCUT2D eigenvalue weighted by Crippen LogP contribution is 2.27. The van der Waals surface area contributed by atoms with E-state index in [1.54, 1.807) is 4.90 Å². The molecule has 1 aliphatic carbocycles. The lowest BCUT2D eigenvalue weighted by Gasteiger charge is -2.34. The van der Waals surface area contributed by atoms with E-state index < -0.39 is 0 Å². The van der Waals surface area contributed by atoms with Crippen LogP contribution in [0.1, 0.15) is 39.0 Å². The van der Waals surface area contributed by atoms with Gasteiger partial charge in [-0.3, -0.25) is 0 Å². The summed E-state index contributed by atoms with van der Waals surface area (Å²) in [5, 5.41) is 8.51. The Morgan fingerprint density at radius 3 is 2.53 bits per heavy atom. The van der Waals surface area contributed by atoms with Gasteiger partial charge in [0.2, 0.25) is 0 Å². The standard InChI is InChI=1S/C11H19N3O/c1-9-3-5-10(6-4-9)14(11(13)15)8-2-7-12/h9-10H,2-6,8H2,1H3,(H2,13,15). The zero-order valence-corrected chi connectivity index (χ0v) is 9.28. The highest BCUT2D eigenvalue weighted by Gasteiger charge is 2.25. The van der Waals surface area contributed by atoms with Crippen molar-refractivity contribution in [3.63, 3.8) is 0 Å². The maximum atomic E-state index is 11.2. The van der Waals surface area contributed by atoms with Crippen LogP contribution in [0, 0.1) is 17.2 Å². The van der Waals surface area contributed by atoms with Crippen molar-refractivity contribution in [1.82, 2.24) is 4.90 Å². The molecule has 0 bridgehead atoms. The Balaban J connectivity index is 2.49. The lowest BCUT2D eigenvalue weighted by molar-refractivity contribution is 0.154. The van der Waals surface area contributed by atoms with E-state index in [9.17, 15) is 4.79 Å². The maximum absolute atomic E-state index is 11.2. The first-order valence-electron chi connectivity index (χ1n) is 5.58. The quantitative estimate of drug-likeness (QED) is 0.770. The van der Waals surface area contributed by atoms with Crippen LogP contribution in [0.15, 0.2) is 0 Å². The minimum atomic E-state index is -0.384. The summed E-state index contributed by atoms with van der Waals surface area (Å²) in [6, 6.07) is 1.92. The number of urea groups is 1. The fraction of sp³-hybridized carbons (Fsp3) is 0.818. The third kappa shape index (κ3) is 3.43. The first-order valence-corrected chi connectivity index (χ1v) is 5.58. The Bertz CT molecular complexity index is 251. The number of nitriles is 1. The zero-order chi connectivity index (χ0) is 11.3. The minimum Gasteiger partial charge on any atom is -0.351 e. The number of rotatable bonds is 3. The molecule has 1 rings (SSSR count). The molecule has 2 amide bonds. The molecule has 0 aromatic carbocycles. The van der Waals surface area contributed by atoms with Crippen LogP contribution in [-0.4, -0.2) is 23.5 Å². The van der Waals surface area contributed by atoms with Crippen molar-refractivity contribution in [2.75, 3.05) is 6.54 Å². The normalized spacial score (nSPS) is 25.6. The number of carbonyl (C=O) groups is 1. The smallest absolute Gasteiger partial charge is 0.315 e. The predicted molar refractivity (Wildman–Crippen MR) is 57.9 cm³/mol. The number of amides is 2. The molecular formula is C11H19N3O. The first-order chi connectivity index (χ1) is 7.15. The molecule has 0 heterocycles. The van der Waals surface area contributed by atoms with Crippen LogP contribution < -0.4 is 5.73 Å². The zero-order valence-electron chi connectivity index (χ0n) is 9.28. The Labute approximate surface area is 91.0 Å². The van der Waals surface area contributed by atoms with E-state index in [2.05, 4.69) is 13.0 Å². The molecule has 4 heteroatoms. The second-order valence-electron chi connectivity index (χ2n) is 4.35. The lowest BCUT2D eigenvalue weighted by Crippen LogP contribution is -2.45. The molecule has 0 saturated heterocycles. The second kappa shape index (κ2) is 5.59. The molecule has 0 atom stereocenters. The first kappa shape index (κ1) is 11.8. The summed E-state index contributed by atoms with van der Waals surface area (Å²) in [5.74, 6) is 0.756. The summed E-state index contributed by atoms with van der Waals surface area (Å²) in [5.41, 5.74) is 5.32. The van der Waals surface area contributed by atoms with E-state index in [0.717, 1.165) is 31.6 Å². The summed E-state index contributed by atoms with van der Waals surface area (Å²) in [4.78, 5) is 12.9. The molecule has 0 aromatic heterocycles. The molecule has 1 aliphatic rings. The molecule has 0 aromatic rings. The largest absolute Gasteiger partial charge is 0.351 e. The Kier molecular flexibility index (Phi) is 4.41. The summed E-state index contributed by atoms with van der Waals surface area (Å²) >= 11 is 0. The lowest BCUT2D eigenvalue weighted by atomic mass is 9.86. The van der Waals surface area contributed by atoms with Gasteiger partial charge in [0.25, 0.3) is 0 Å². The van der Waals surface area contributed by atoms with Crippen molar-refractivity contribution >= 4 is 6.03 Å². The van der Waals surface area contributed by atoms with Gasteiger partial charge in [0.1, 0.15) is 0 Å². The van der Waals surface area contributed by atoms with Crippen molar-refractivity contribution < 1.29 is 4.79 Å². The van der Waals surface area contributed by atoms with E-state index in [4.69, 9.17) is 11.0 Å². The Morgan fingerprint density at radius 2 is 2.07 bits per heavy atom. The average Bonchev–Trinajstić information content (AvgIpc) is 2.21. The summed E-state index contributed by atoms with van der Waals surface area (Å²) in [6.45, 7) is 2.71. The third-order valence-corrected chi connectivity index (χ3v) is 3.17. The van der Waals surface area contributed by atoms with Crippen molar-refractivity contribution in [2.24, 2.45) is 11.7 Å². The summed E-state index contributed by atoms with van der Waals surface area (Å²) < 4.78 is 0. The van der Waals surface area contributed by atoms with Crippen LogP contribution in [0.5, 0.6) is 0 Å². The fourth-order valence-electron chi connectivity index (χ4n) is 2.20. The van der Waals surface area contributed by atoms with Crippen LogP contribution in [0.4, 0.5) is 4.79 Å². The number of carbonyl (C=O) groups excluding carboxylic acids is 1. The van der Waals surface area contributed by atoms with Crippen molar-refractivity contribution in [1.29, 1.82) is 5.26 Å². The van der Waals surface area contributed by atoms with Gasteiger partial charge in [-0.1, -0.05) is 6.92 Å². The van der Waals surface area contributed by atoms with E-state index >= 15 is 0 Å². The topological polar surface area (TPSA) is 70.1 Å². The number of hydrogen-bond donors (Lipinski definition) is 1. The molecule has 0 radical (unpaired) electrons. The molecule has 0 unspecified atom stereocenters. The molecule has 2 N–H and O–H groups in total. The van der Waals surface area contributed by atoms with Gasteiger partial charge in [0.05, 0.1) is 12.5 Å². The highest BCUT2D eigenvalue weighted by molar-refractivity contribution is 5.72. The monoisotopic (exact) mass is 209 g/mol. The third-order valence-electron chi connectivity index (χ3n) is 3.17. The van der Waals surface area contributed by atoms with Crippen molar-refractivity contribution in [3.8, 4) is 6.07 Å². The van der Waals surface area contributed by atoms with E-state index in [0.29, 0.717) is 13.0 Å². The SMILES string of the molecule is CC1CCC(N(CCC#N)C(N)=O)CC1. The van der Waals surface area contributed by atoms with Gasteiger partial charge < -0.3 is 10.6 Å². The Morgan fingerprint density at radius 1 is 1.47 bits per heavy atom. The van der Waals surface area contributed by atoms with Gasteiger partial charge in [-0.05, 0) is 31.6 Å². The van der Waals surface area contributed by atoms with E-state index in [1.807, 2.05) is 0 Å². The molecule has 1 saturated carbocycles. The average molecular weight is 209 g/mol. The van der Waals surface area contributed by atoms with Gasteiger partial charge in [-0.2, -0.15) is 5.26 Å².